The van der Waals surface area contributed by atoms with Crippen LogP contribution in [0.25, 0.3) is 0 Å². The Balaban J connectivity index is 2.28. The minimum Gasteiger partial charge on any atom is -0.508 e. The highest BCUT2D eigenvalue weighted by Crippen LogP contribution is 2.09. The third-order valence-corrected chi connectivity index (χ3v) is 2.15. The average molecular weight is 238 g/mol. The zero-order valence-corrected chi connectivity index (χ0v) is 9.59. The minimum atomic E-state index is -0.161. The summed E-state index contributed by atoms with van der Waals surface area (Å²) < 4.78 is 0. The molecule has 1 aromatic rings. The highest BCUT2D eigenvalue weighted by molar-refractivity contribution is 7.80. The molecular formula is C11H14N2O2S. The Morgan fingerprint density at radius 1 is 1.38 bits per heavy atom. The summed E-state index contributed by atoms with van der Waals surface area (Å²) in [5.74, 6) is 0.0764. The second kappa shape index (κ2) is 6.07. The Labute approximate surface area is 99.5 Å². The number of hydrogen-bond donors (Lipinski definition) is 3. The first-order chi connectivity index (χ1) is 7.58. The number of carbonyl (C=O) groups excluding carboxylic acids is 1. The predicted molar refractivity (Wildman–Crippen MR) is 66.2 cm³/mol. The van der Waals surface area contributed by atoms with Crippen molar-refractivity contribution in [1.82, 2.24) is 5.32 Å². The first-order valence-corrected chi connectivity index (χ1v) is 5.31. The van der Waals surface area contributed by atoms with E-state index in [2.05, 4.69) is 17.5 Å². The molecule has 0 radical (unpaired) electrons. The van der Waals surface area contributed by atoms with E-state index in [0.717, 1.165) is 5.56 Å². The number of thiocarbonyl (C=S) groups is 1. The molecule has 86 valence electrons. The van der Waals surface area contributed by atoms with Crippen LogP contribution < -0.4 is 11.1 Å². The molecule has 0 aliphatic rings. The molecule has 0 unspecified atom stereocenters. The van der Waals surface area contributed by atoms with E-state index in [4.69, 9.17) is 10.8 Å². The zero-order chi connectivity index (χ0) is 12.0. The molecule has 0 saturated carbocycles. The largest absolute Gasteiger partial charge is 0.508 e. The van der Waals surface area contributed by atoms with Gasteiger partial charge in [-0.05, 0) is 24.1 Å². The SMILES string of the molecule is NC(=S)CC(=O)NCCc1ccc(O)cc1. The molecule has 0 atom stereocenters. The quantitative estimate of drug-likeness (QED) is 0.661. The van der Waals surface area contributed by atoms with Crippen LogP contribution in [0.4, 0.5) is 0 Å². The maximum absolute atomic E-state index is 11.2. The third-order valence-electron chi connectivity index (χ3n) is 2.01. The van der Waals surface area contributed by atoms with Crippen molar-refractivity contribution in [2.24, 2.45) is 5.73 Å². The van der Waals surface area contributed by atoms with Crippen molar-refractivity contribution < 1.29 is 9.90 Å². The summed E-state index contributed by atoms with van der Waals surface area (Å²) in [4.78, 5) is 11.4. The fourth-order valence-corrected chi connectivity index (χ4v) is 1.36. The molecule has 0 aliphatic heterocycles. The van der Waals surface area contributed by atoms with Crippen LogP contribution in [-0.2, 0) is 11.2 Å². The van der Waals surface area contributed by atoms with Crippen LogP contribution in [-0.4, -0.2) is 22.5 Å². The van der Waals surface area contributed by atoms with Gasteiger partial charge in [0.1, 0.15) is 5.75 Å². The Morgan fingerprint density at radius 2 is 2.00 bits per heavy atom. The maximum atomic E-state index is 11.2. The number of hydrogen-bond acceptors (Lipinski definition) is 3. The molecule has 5 heteroatoms. The summed E-state index contributed by atoms with van der Waals surface area (Å²) in [6, 6.07) is 6.86. The summed E-state index contributed by atoms with van der Waals surface area (Å²) in [5.41, 5.74) is 6.29. The maximum Gasteiger partial charge on any atom is 0.226 e. The highest BCUT2D eigenvalue weighted by Gasteiger charge is 2.02. The van der Waals surface area contributed by atoms with E-state index in [0.29, 0.717) is 13.0 Å². The van der Waals surface area contributed by atoms with E-state index in [-0.39, 0.29) is 23.1 Å². The molecule has 0 saturated heterocycles. The monoisotopic (exact) mass is 238 g/mol. The van der Waals surface area contributed by atoms with Crippen molar-refractivity contribution in [3.05, 3.63) is 29.8 Å². The van der Waals surface area contributed by atoms with Gasteiger partial charge in [0.05, 0.1) is 11.4 Å². The van der Waals surface area contributed by atoms with Crippen molar-refractivity contribution in [2.45, 2.75) is 12.8 Å². The summed E-state index contributed by atoms with van der Waals surface area (Å²) in [6.45, 7) is 0.534. The van der Waals surface area contributed by atoms with Gasteiger partial charge in [-0.15, -0.1) is 0 Å². The van der Waals surface area contributed by atoms with Crippen molar-refractivity contribution >= 4 is 23.1 Å². The Hall–Kier alpha value is -1.62. The van der Waals surface area contributed by atoms with Crippen LogP contribution in [0.15, 0.2) is 24.3 Å². The highest BCUT2D eigenvalue weighted by atomic mass is 32.1. The van der Waals surface area contributed by atoms with Gasteiger partial charge in [0.25, 0.3) is 0 Å². The van der Waals surface area contributed by atoms with Gasteiger partial charge < -0.3 is 16.2 Å². The molecule has 0 aliphatic carbocycles. The number of aromatic hydroxyl groups is 1. The molecule has 0 heterocycles. The van der Waals surface area contributed by atoms with Gasteiger partial charge in [-0.2, -0.15) is 0 Å². The number of carbonyl (C=O) groups is 1. The van der Waals surface area contributed by atoms with Gasteiger partial charge in [0, 0.05) is 6.54 Å². The van der Waals surface area contributed by atoms with Gasteiger partial charge in [-0.25, -0.2) is 0 Å². The summed E-state index contributed by atoms with van der Waals surface area (Å²) in [5, 5.41) is 11.8. The van der Waals surface area contributed by atoms with Gasteiger partial charge >= 0.3 is 0 Å². The van der Waals surface area contributed by atoms with Crippen LogP contribution in [0.1, 0.15) is 12.0 Å². The lowest BCUT2D eigenvalue weighted by atomic mass is 10.1. The molecule has 4 nitrogen and oxygen atoms in total. The van der Waals surface area contributed by atoms with E-state index >= 15 is 0 Å². The Bertz CT molecular complexity index is 376. The normalized spacial score (nSPS) is 9.75. The van der Waals surface area contributed by atoms with Gasteiger partial charge in [0.15, 0.2) is 0 Å². The number of rotatable bonds is 5. The lowest BCUT2D eigenvalue weighted by Crippen LogP contribution is -2.29. The van der Waals surface area contributed by atoms with E-state index in [1.165, 1.54) is 0 Å². The molecule has 0 fully saturated rings. The fraction of sp³-hybridized carbons (Fsp3) is 0.273. The molecule has 0 spiro atoms. The molecule has 16 heavy (non-hydrogen) atoms. The van der Waals surface area contributed by atoms with E-state index < -0.39 is 0 Å². The number of amides is 1. The fourth-order valence-electron chi connectivity index (χ4n) is 1.23. The van der Waals surface area contributed by atoms with E-state index in [9.17, 15) is 4.79 Å². The molecule has 1 rings (SSSR count). The average Bonchev–Trinajstić information content (AvgIpc) is 2.20. The minimum absolute atomic E-state index is 0.0882. The zero-order valence-electron chi connectivity index (χ0n) is 8.77. The van der Waals surface area contributed by atoms with Gasteiger partial charge in [-0.3, -0.25) is 4.79 Å². The van der Waals surface area contributed by atoms with E-state index in [1.807, 2.05) is 12.1 Å². The molecule has 1 aromatic carbocycles. The number of nitrogens with one attached hydrogen (secondary N) is 1. The van der Waals surface area contributed by atoms with Crippen molar-refractivity contribution in [3.8, 4) is 5.75 Å². The van der Waals surface area contributed by atoms with Crippen molar-refractivity contribution in [2.75, 3.05) is 6.54 Å². The lowest BCUT2D eigenvalue weighted by molar-refractivity contribution is -0.119. The summed E-state index contributed by atoms with van der Waals surface area (Å²) >= 11 is 4.62. The molecular weight excluding hydrogens is 224 g/mol. The van der Waals surface area contributed by atoms with Crippen LogP contribution in [0.2, 0.25) is 0 Å². The van der Waals surface area contributed by atoms with Crippen LogP contribution in [0.5, 0.6) is 5.75 Å². The Kier molecular flexibility index (Phi) is 4.72. The number of nitrogens with two attached hydrogens (primary N) is 1. The summed E-state index contributed by atoms with van der Waals surface area (Å²) in [7, 11) is 0. The summed E-state index contributed by atoms with van der Waals surface area (Å²) in [6.07, 6.45) is 0.800. The number of benzene rings is 1. The van der Waals surface area contributed by atoms with Gasteiger partial charge in [-0.1, -0.05) is 24.4 Å². The van der Waals surface area contributed by atoms with Crippen LogP contribution in [0.3, 0.4) is 0 Å². The molecule has 4 N–H and O–H groups in total. The van der Waals surface area contributed by atoms with E-state index in [1.54, 1.807) is 12.1 Å². The standard InChI is InChI=1S/C11H14N2O2S/c12-10(16)7-11(15)13-6-5-8-1-3-9(14)4-2-8/h1-4,14H,5-7H2,(H2,12,16)(H,13,15). The molecule has 0 bridgehead atoms. The second-order valence-electron chi connectivity index (χ2n) is 3.41. The lowest BCUT2D eigenvalue weighted by Gasteiger charge is -2.04. The van der Waals surface area contributed by atoms with Crippen molar-refractivity contribution in [1.29, 1.82) is 0 Å². The van der Waals surface area contributed by atoms with Crippen LogP contribution in [0, 0.1) is 0 Å². The number of phenols is 1. The topological polar surface area (TPSA) is 75.4 Å². The number of phenolic OH excluding ortho intramolecular Hbond substituents is 1. The molecule has 0 aromatic heterocycles. The first kappa shape index (κ1) is 12.4. The smallest absolute Gasteiger partial charge is 0.226 e. The third kappa shape index (κ3) is 4.75. The van der Waals surface area contributed by atoms with Gasteiger partial charge in [0.2, 0.25) is 5.91 Å². The molecule has 1 amide bonds. The predicted octanol–water partition coefficient (Wildman–Crippen LogP) is 0.727. The first-order valence-electron chi connectivity index (χ1n) is 4.91. The second-order valence-corrected chi connectivity index (χ2v) is 3.93. The van der Waals surface area contributed by atoms with Crippen molar-refractivity contribution in [3.63, 3.8) is 0 Å². The Morgan fingerprint density at radius 3 is 2.56 bits per heavy atom. The van der Waals surface area contributed by atoms with Crippen LogP contribution >= 0.6 is 12.2 Å².